The Bertz CT molecular complexity index is 763. The molecule has 0 unspecified atom stereocenters. The van der Waals surface area contributed by atoms with Crippen molar-refractivity contribution in [3.8, 4) is 5.75 Å². The van der Waals surface area contributed by atoms with Gasteiger partial charge in [-0.15, -0.1) is 0 Å². The van der Waals surface area contributed by atoms with E-state index in [2.05, 4.69) is 39.4 Å². The van der Waals surface area contributed by atoms with Crippen LogP contribution in [0.5, 0.6) is 5.75 Å². The number of carbonyl (C=O) groups excluding carboxylic acids is 1. The van der Waals surface area contributed by atoms with E-state index in [1.807, 2.05) is 24.3 Å². The van der Waals surface area contributed by atoms with E-state index in [0.29, 0.717) is 6.42 Å². The molecule has 1 saturated heterocycles. The maximum Gasteiger partial charge on any atom is 0.226 e. The van der Waals surface area contributed by atoms with E-state index in [1.54, 1.807) is 7.11 Å². The van der Waals surface area contributed by atoms with E-state index in [9.17, 15) is 4.79 Å². The van der Waals surface area contributed by atoms with Gasteiger partial charge in [0.15, 0.2) is 0 Å². The van der Waals surface area contributed by atoms with Crippen LogP contribution in [0.2, 0.25) is 0 Å². The van der Waals surface area contributed by atoms with Gasteiger partial charge in [0.25, 0.3) is 0 Å². The predicted molar refractivity (Wildman–Crippen MR) is 99.1 cm³/mol. The first-order chi connectivity index (χ1) is 12.2. The van der Waals surface area contributed by atoms with Crippen molar-refractivity contribution in [1.29, 1.82) is 0 Å². The molecule has 2 aromatic carbocycles. The predicted octanol–water partition coefficient (Wildman–Crippen LogP) is 2.73. The number of methoxy groups -OCH3 is 1. The molecule has 0 aliphatic carbocycles. The summed E-state index contributed by atoms with van der Waals surface area (Å²) >= 11 is 0. The van der Waals surface area contributed by atoms with E-state index in [0.717, 1.165) is 43.3 Å². The standard InChI is InChI=1S/C20H23N3O2/c1-25-17-7-8-18-19(12-17)23-10-9-22(13-15-5-3-2-4-6-15)14-16(23)11-20(24)21-18/h2-8,12,16H,9-11,13-14H2,1H3,(H,21,24)/t16-/m0/s1. The summed E-state index contributed by atoms with van der Waals surface area (Å²) in [6.07, 6.45) is 0.516. The summed E-state index contributed by atoms with van der Waals surface area (Å²) in [5.41, 5.74) is 3.26. The minimum atomic E-state index is 0.0838. The molecule has 1 fully saturated rings. The van der Waals surface area contributed by atoms with Crippen molar-refractivity contribution >= 4 is 17.3 Å². The number of rotatable bonds is 3. The van der Waals surface area contributed by atoms with Gasteiger partial charge >= 0.3 is 0 Å². The molecule has 5 nitrogen and oxygen atoms in total. The molecule has 0 spiro atoms. The van der Waals surface area contributed by atoms with Crippen molar-refractivity contribution in [3.05, 3.63) is 54.1 Å². The van der Waals surface area contributed by atoms with E-state index in [4.69, 9.17) is 4.74 Å². The van der Waals surface area contributed by atoms with E-state index in [-0.39, 0.29) is 11.9 Å². The summed E-state index contributed by atoms with van der Waals surface area (Å²) in [6.45, 7) is 3.71. The fourth-order valence-corrected chi connectivity index (χ4v) is 3.79. The van der Waals surface area contributed by atoms with Gasteiger partial charge in [0, 0.05) is 38.7 Å². The molecule has 2 aromatic rings. The lowest BCUT2D eigenvalue weighted by molar-refractivity contribution is -0.116. The van der Waals surface area contributed by atoms with Crippen LogP contribution in [0, 0.1) is 0 Å². The molecule has 2 heterocycles. The zero-order chi connectivity index (χ0) is 17.2. The van der Waals surface area contributed by atoms with Crippen LogP contribution in [0.15, 0.2) is 48.5 Å². The SMILES string of the molecule is COc1ccc2c(c1)N1CCN(Cc3ccccc3)C[C@@H]1CC(=O)N2. The number of ether oxygens (including phenoxy) is 1. The van der Waals surface area contributed by atoms with Gasteiger partial charge in [-0.1, -0.05) is 30.3 Å². The number of piperazine rings is 1. The molecular weight excluding hydrogens is 314 g/mol. The van der Waals surface area contributed by atoms with Gasteiger partial charge in [-0.3, -0.25) is 9.69 Å². The lowest BCUT2D eigenvalue weighted by Gasteiger charge is -2.42. The Balaban J connectivity index is 1.57. The van der Waals surface area contributed by atoms with E-state index < -0.39 is 0 Å². The zero-order valence-electron chi connectivity index (χ0n) is 14.4. The van der Waals surface area contributed by atoms with Gasteiger partial charge in [0.2, 0.25) is 5.91 Å². The monoisotopic (exact) mass is 337 g/mol. The van der Waals surface area contributed by atoms with Crippen LogP contribution >= 0.6 is 0 Å². The average Bonchev–Trinajstić information content (AvgIpc) is 2.76. The first-order valence-electron chi connectivity index (χ1n) is 8.74. The Kier molecular flexibility index (Phi) is 4.32. The third kappa shape index (κ3) is 3.33. The third-order valence-corrected chi connectivity index (χ3v) is 5.03. The Morgan fingerprint density at radius 2 is 2.00 bits per heavy atom. The summed E-state index contributed by atoms with van der Waals surface area (Å²) in [5.74, 6) is 0.904. The number of fused-ring (bicyclic) bond motifs is 3. The summed E-state index contributed by atoms with van der Waals surface area (Å²) in [7, 11) is 1.67. The first kappa shape index (κ1) is 16.0. The molecule has 1 atom stereocenters. The molecule has 0 bridgehead atoms. The van der Waals surface area contributed by atoms with Crippen LogP contribution in [0.3, 0.4) is 0 Å². The van der Waals surface area contributed by atoms with Crippen molar-refractivity contribution in [1.82, 2.24) is 4.90 Å². The number of benzene rings is 2. The highest BCUT2D eigenvalue weighted by Gasteiger charge is 2.33. The van der Waals surface area contributed by atoms with Crippen molar-refractivity contribution in [2.45, 2.75) is 19.0 Å². The van der Waals surface area contributed by atoms with E-state index in [1.165, 1.54) is 5.56 Å². The van der Waals surface area contributed by atoms with Crippen LogP contribution in [0.25, 0.3) is 0 Å². The molecule has 25 heavy (non-hydrogen) atoms. The zero-order valence-corrected chi connectivity index (χ0v) is 14.4. The van der Waals surface area contributed by atoms with Crippen molar-refractivity contribution < 1.29 is 9.53 Å². The number of hydrogen-bond acceptors (Lipinski definition) is 4. The minimum absolute atomic E-state index is 0.0838. The van der Waals surface area contributed by atoms with Crippen LogP contribution in [0.1, 0.15) is 12.0 Å². The third-order valence-electron chi connectivity index (χ3n) is 5.03. The van der Waals surface area contributed by atoms with Gasteiger partial charge in [-0.25, -0.2) is 0 Å². The molecule has 5 heteroatoms. The Labute approximate surface area is 148 Å². The Hall–Kier alpha value is -2.53. The summed E-state index contributed by atoms with van der Waals surface area (Å²) < 4.78 is 5.38. The maximum atomic E-state index is 12.3. The van der Waals surface area contributed by atoms with Crippen molar-refractivity contribution in [2.75, 3.05) is 37.0 Å². The molecule has 4 rings (SSSR count). The lowest BCUT2D eigenvalue weighted by Crippen LogP contribution is -2.53. The highest BCUT2D eigenvalue weighted by atomic mass is 16.5. The molecular formula is C20H23N3O2. The van der Waals surface area contributed by atoms with Crippen LogP contribution < -0.4 is 15.0 Å². The second-order valence-electron chi connectivity index (χ2n) is 6.70. The van der Waals surface area contributed by atoms with Crippen molar-refractivity contribution in [3.63, 3.8) is 0 Å². The van der Waals surface area contributed by atoms with Gasteiger partial charge in [-0.2, -0.15) is 0 Å². The lowest BCUT2D eigenvalue weighted by atomic mass is 10.1. The molecule has 0 saturated carbocycles. The van der Waals surface area contributed by atoms with Gasteiger partial charge in [0.05, 0.1) is 24.5 Å². The largest absolute Gasteiger partial charge is 0.497 e. The molecule has 1 amide bonds. The summed E-state index contributed by atoms with van der Waals surface area (Å²) in [6, 6.07) is 16.6. The van der Waals surface area contributed by atoms with Gasteiger partial charge < -0.3 is 15.0 Å². The normalized spacial score (nSPS) is 20.3. The quantitative estimate of drug-likeness (QED) is 0.935. The number of hydrogen-bond donors (Lipinski definition) is 1. The van der Waals surface area contributed by atoms with Crippen LogP contribution in [0.4, 0.5) is 11.4 Å². The Morgan fingerprint density at radius 3 is 2.80 bits per heavy atom. The summed E-state index contributed by atoms with van der Waals surface area (Å²) in [4.78, 5) is 17.1. The van der Waals surface area contributed by atoms with Crippen LogP contribution in [-0.4, -0.2) is 43.6 Å². The smallest absolute Gasteiger partial charge is 0.226 e. The fraction of sp³-hybridized carbons (Fsp3) is 0.350. The molecule has 130 valence electrons. The van der Waals surface area contributed by atoms with Crippen LogP contribution in [-0.2, 0) is 11.3 Å². The second-order valence-corrected chi connectivity index (χ2v) is 6.70. The number of nitrogens with zero attached hydrogens (tertiary/aromatic N) is 2. The van der Waals surface area contributed by atoms with Gasteiger partial charge in [0.1, 0.15) is 5.75 Å². The average molecular weight is 337 g/mol. The molecule has 0 aromatic heterocycles. The summed E-state index contributed by atoms with van der Waals surface area (Å²) in [5, 5.41) is 3.04. The number of anilines is 2. The topological polar surface area (TPSA) is 44.8 Å². The van der Waals surface area contributed by atoms with E-state index >= 15 is 0 Å². The fourth-order valence-electron chi connectivity index (χ4n) is 3.79. The molecule has 0 radical (unpaired) electrons. The highest BCUT2D eigenvalue weighted by molar-refractivity contribution is 5.97. The number of amides is 1. The highest BCUT2D eigenvalue weighted by Crippen LogP contribution is 2.36. The van der Waals surface area contributed by atoms with Gasteiger partial charge in [-0.05, 0) is 17.7 Å². The number of nitrogens with one attached hydrogen (secondary N) is 1. The molecule has 2 aliphatic rings. The minimum Gasteiger partial charge on any atom is -0.497 e. The molecule has 1 N–H and O–H groups in total. The molecule has 2 aliphatic heterocycles. The second kappa shape index (κ2) is 6.76. The maximum absolute atomic E-state index is 12.3. The van der Waals surface area contributed by atoms with Crippen molar-refractivity contribution in [2.24, 2.45) is 0 Å². The first-order valence-corrected chi connectivity index (χ1v) is 8.74. The Morgan fingerprint density at radius 1 is 1.16 bits per heavy atom. The number of carbonyl (C=O) groups is 1.